The monoisotopic (exact) mass is 240 g/mol. The summed E-state index contributed by atoms with van der Waals surface area (Å²) in [6.45, 7) is 0. The van der Waals surface area contributed by atoms with E-state index in [0.717, 1.165) is 17.9 Å². The molecule has 0 saturated carbocycles. The second-order valence-corrected chi connectivity index (χ2v) is 5.38. The third kappa shape index (κ3) is 3.86. The van der Waals surface area contributed by atoms with Crippen LogP contribution in [0.2, 0.25) is 0 Å². The smallest absolute Gasteiger partial charge is 0.327 e. The number of benzene rings is 1. The van der Waals surface area contributed by atoms with E-state index in [9.17, 15) is 13.2 Å². The van der Waals surface area contributed by atoms with Gasteiger partial charge in [0.1, 0.15) is 0 Å². The Bertz CT molecular complexity index is 497. The van der Waals surface area contributed by atoms with Gasteiger partial charge in [-0.3, -0.25) is 0 Å². The summed E-state index contributed by atoms with van der Waals surface area (Å²) in [6.07, 6.45) is 4.19. The first-order valence-corrected chi connectivity index (χ1v) is 6.47. The molecule has 1 aromatic rings. The molecule has 0 aliphatic rings. The lowest BCUT2D eigenvalue weighted by molar-refractivity contribution is -0.131. The maximum absolute atomic E-state index is 11.2. The van der Waals surface area contributed by atoms with Crippen molar-refractivity contribution >= 4 is 15.8 Å². The van der Waals surface area contributed by atoms with Crippen LogP contribution >= 0.6 is 0 Å². The molecule has 1 rings (SSSR count). The van der Waals surface area contributed by atoms with Crippen LogP contribution in [0.3, 0.4) is 0 Å². The molecule has 0 unspecified atom stereocenters. The largest absolute Gasteiger partial charge is 0.478 e. The molecule has 0 aromatic heterocycles. The predicted octanol–water partition coefficient (Wildman–Crippen LogP) is 1.27. The Morgan fingerprint density at radius 2 is 1.88 bits per heavy atom. The van der Waals surface area contributed by atoms with E-state index < -0.39 is 15.8 Å². The molecule has 0 spiro atoms. The van der Waals surface area contributed by atoms with Crippen molar-refractivity contribution in [3.05, 3.63) is 42.0 Å². The van der Waals surface area contributed by atoms with E-state index in [1.54, 1.807) is 12.1 Å². The van der Waals surface area contributed by atoms with E-state index in [-0.39, 0.29) is 4.90 Å². The lowest BCUT2D eigenvalue weighted by Crippen LogP contribution is -1.96. The van der Waals surface area contributed by atoms with Gasteiger partial charge >= 0.3 is 5.97 Å². The zero-order chi connectivity index (χ0) is 12.2. The second kappa shape index (κ2) is 4.94. The van der Waals surface area contributed by atoms with E-state index in [2.05, 4.69) is 0 Å². The van der Waals surface area contributed by atoms with Crippen molar-refractivity contribution in [3.63, 3.8) is 0 Å². The van der Waals surface area contributed by atoms with Gasteiger partial charge in [-0.05, 0) is 24.1 Å². The second-order valence-electron chi connectivity index (χ2n) is 3.36. The summed E-state index contributed by atoms with van der Waals surface area (Å²) in [6, 6.07) is 6.36. The molecule has 0 aliphatic carbocycles. The third-order valence-electron chi connectivity index (χ3n) is 1.97. The Kier molecular flexibility index (Phi) is 3.84. The van der Waals surface area contributed by atoms with E-state index in [1.807, 2.05) is 0 Å². The van der Waals surface area contributed by atoms with Gasteiger partial charge in [-0.1, -0.05) is 18.2 Å². The number of hydrogen-bond donors (Lipinski definition) is 1. The Hall–Kier alpha value is -1.62. The first-order valence-electron chi connectivity index (χ1n) is 4.58. The minimum atomic E-state index is -3.17. The van der Waals surface area contributed by atoms with Crippen LogP contribution < -0.4 is 0 Å². The van der Waals surface area contributed by atoms with Crippen LogP contribution in [0.5, 0.6) is 0 Å². The Morgan fingerprint density at radius 3 is 2.31 bits per heavy atom. The molecule has 0 saturated heterocycles. The Labute approximate surface area is 94.1 Å². The maximum Gasteiger partial charge on any atom is 0.327 e. The number of carbonyl (C=O) groups is 1. The molecule has 16 heavy (non-hydrogen) atoms. The number of rotatable bonds is 4. The quantitative estimate of drug-likeness (QED) is 0.804. The van der Waals surface area contributed by atoms with Crippen LogP contribution in [0.25, 0.3) is 0 Å². The highest BCUT2D eigenvalue weighted by molar-refractivity contribution is 7.90. The van der Waals surface area contributed by atoms with Crippen molar-refractivity contribution in [2.45, 2.75) is 11.3 Å². The normalized spacial score (nSPS) is 11.8. The van der Waals surface area contributed by atoms with Crippen molar-refractivity contribution in [2.24, 2.45) is 0 Å². The van der Waals surface area contributed by atoms with Crippen molar-refractivity contribution in [1.29, 1.82) is 0 Å². The number of aliphatic carboxylic acids is 1. The van der Waals surface area contributed by atoms with Gasteiger partial charge in [0.15, 0.2) is 9.84 Å². The molecule has 0 heterocycles. The lowest BCUT2D eigenvalue weighted by atomic mass is 10.1. The topological polar surface area (TPSA) is 71.4 Å². The molecule has 1 aromatic carbocycles. The predicted molar refractivity (Wildman–Crippen MR) is 60.0 cm³/mol. The first-order chi connectivity index (χ1) is 7.39. The van der Waals surface area contributed by atoms with E-state index >= 15 is 0 Å². The summed E-state index contributed by atoms with van der Waals surface area (Å²) in [5.74, 6) is -0.993. The van der Waals surface area contributed by atoms with Gasteiger partial charge < -0.3 is 5.11 Å². The summed E-state index contributed by atoms with van der Waals surface area (Å²) in [4.78, 5) is 10.5. The maximum atomic E-state index is 11.2. The minimum Gasteiger partial charge on any atom is -0.478 e. The zero-order valence-corrected chi connectivity index (χ0v) is 9.57. The first kappa shape index (κ1) is 12.4. The van der Waals surface area contributed by atoms with E-state index in [4.69, 9.17) is 5.11 Å². The Balaban J connectivity index is 2.77. The molecule has 86 valence electrons. The van der Waals surface area contributed by atoms with E-state index in [0.29, 0.717) is 6.42 Å². The van der Waals surface area contributed by atoms with Crippen molar-refractivity contribution in [3.8, 4) is 0 Å². The van der Waals surface area contributed by atoms with Crippen molar-refractivity contribution in [2.75, 3.05) is 6.26 Å². The van der Waals surface area contributed by atoms with Crippen LogP contribution in [-0.4, -0.2) is 25.7 Å². The van der Waals surface area contributed by atoms with Gasteiger partial charge in [-0.15, -0.1) is 0 Å². The number of carboxylic acids is 1. The fourth-order valence-corrected chi connectivity index (χ4v) is 1.80. The zero-order valence-electron chi connectivity index (χ0n) is 8.75. The molecule has 4 nitrogen and oxygen atoms in total. The number of sulfone groups is 1. The number of allylic oxidation sites excluding steroid dienone is 1. The highest BCUT2D eigenvalue weighted by Gasteiger charge is 2.05. The van der Waals surface area contributed by atoms with Gasteiger partial charge in [0.2, 0.25) is 0 Å². The fourth-order valence-electron chi connectivity index (χ4n) is 1.17. The molecule has 5 heteroatoms. The number of carboxylic acid groups (broad SMARTS) is 1. The molecule has 1 N–H and O–H groups in total. The minimum absolute atomic E-state index is 0.262. The van der Waals surface area contributed by atoms with Gasteiger partial charge in [-0.25, -0.2) is 13.2 Å². The molecule has 0 bridgehead atoms. The SMILES string of the molecule is CS(=O)(=O)c1ccc(C/C=C/C(=O)O)cc1. The van der Waals surface area contributed by atoms with Crippen LogP contribution in [0.1, 0.15) is 5.56 Å². The van der Waals surface area contributed by atoms with Crippen molar-refractivity contribution in [1.82, 2.24) is 0 Å². The fraction of sp³-hybridized carbons (Fsp3) is 0.182. The van der Waals surface area contributed by atoms with E-state index in [1.165, 1.54) is 18.2 Å². The lowest BCUT2D eigenvalue weighted by Gasteiger charge is -1.99. The van der Waals surface area contributed by atoms with Gasteiger partial charge in [0, 0.05) is 12.3 Å². The molecule has 0 aliphatic heterocycles. The summed E-state index contributed by atoms with van der Waals surface area (Å²) >= 11 is 0. The summed E-state index contributed by atoms with van der Waals surface area (Å²) in [7, 11) is -3.17. The molecule has 0 atom stereocenters. The Morgan fingerprint density at radius 1 is 1.31 bits per heavy atom. The summed E-state index contributed by atoms with van der Waals surface area (Å²) < 4.78 is 22.3. The summed E-state index contributed by atoms with van der Waals surface area (Å²) in [5, 5.41) is 8.38. The molecule has 0 fully saturated rings. The summed E-state index contributed by atoms with van der Waals surface area (Å²) in [5.41, 5.74) is 0.866. The van der Waals surface area contributed by atoms with Gasteiger partial charge in [-0.2, -0.15) is 0 Å². The highest BCUT2D eigenvalue weighted by atomic mass is 32.2. The molecular formula is C11H12O4S. The van der Waals surface area contributed by atoms with Gasteiger partial charge in [0.25, 0.3) is 0 Å². The molecule has 0 radical (unpaired) electrons. The standard InChI is InChI=1S/C11H12O4S/c1-16(14,15)10-7-5-9(6-8-10)3-2-4-11(12)13/h2,4-8H,3H2,1H3,(H,12,13)/b4-2+. The average Bonchev–Trinajstić information content (AvgIpc) is 2.16. The molecular weight excluding hydrogens is 228 g/mol. The third-order valence-corrected chi connectivity index (χ3v) is 3.09. The average molecular weight is 240 g/mol. The van der Waals surface area contributed by atoms with Crippen LogP contribution in [0.4, 0.5) is 0 Å². The van der Waals surface area contributed by atoms with Crippen LogP contribution in [-0.2, 0) is 21.1 Å². The highest BCUT2D eigenvalue weighted by Crippen LogP contribution is 2.10. The van der Waals surface area contributed by atoms with Crippen molar-refractivity contribution < 1.29 is 18.3 Å². The molecule has 0 amide bonds. The number of hydrogen-bond acceptors (Lipinski definition) is 3. The van der Waals surface area contributed by atoms with Crippen LogP contribution in [0.15, 0.2) is 41.3 Å². The van der Waals surface area contributed by atoms with Gasteiger partial charge in [0.05, 0.1) is 4.90 Å². The van der Waals surface area contributed by atoms with Crippen LogP contribution in [0, 0.1) is 0 Å².